The van der Waals surface area contributed by atoms with Crippen LogP contribution in [0.25, 0.3) is 11.0 Å². The van der Waals surface area contributed by atoms with E-state index in [-0.39, 0.29) is 21.6 Å². The number of para-hydroxylation sites is 2. The fourth-order valence-electron chi connectivity index (χ4n) is 7.18. The monoisotopic (exact) mass is 844 g/mol. The number of rotatable bonds is 9. The zero-order valence-electron chi connectivity index (χ0n) is 25.7. The molecule has 10 heteroatoms. The molecule has 1 aromatic heterocycles. The molecule has 3 saturated heterocycles. The Labute approximate surface area is 283 Å². The number of amides is 1. The summed E-state index contributed by atoms with van der Waals surface area (Å²) in [4.78, 5) is 34.0. The Morgan fingerprint density at radius 2 is 1.75 bits per heavy atom. The number of aromatic amines is 1. The SMILES string of the molecule is Cc1cc(Cl)cc(C[C@@H]([I-]CC(=O)N2CCC(n3c(=O)[nH]c4ccccc43)CC2)C(=N)I2CCC(N3CCCCC3)CC2)c1. The van der Waals surface area contributed by atoms with E-state index >= 15 is 0 Å². The summed E-state index contributed by atoms with van der Waals surface area (Å²) in [6, 6.07) is 15.0. The first-order valence-corrected chi connectivity index (χ1v) is 23.4. The van der Waals surface area contributed by atoms with Gasteiger partial charge >= 0.3 is 286 Å². The maximum atomic E-state index is 13.5. The van der Waals surface area contributed by atoms with Gasteiger partial charge < -0.3 is 0 Å². The summed E-state index contributed by atoms with van der Waals surface area (Å²) in [6.07, 6.45) is 9.02. The molecule has 0 spiro atoms. The number of aromatic nitrogens is 2. The van der Waals surface area contributed by atoms with Crippen LogP contribution in [-0.2, 0) is 11.2 Å². The number of carbonyl (C=O) groups excluding carboxylic acids is 1. The van der Waals surface area contributed by atoms with Gasteiger partial charge in [-0.25, -0.2) is 0 Å². The Morgan fingerprint density at radius 3 is 2.48 bits per heavy atom. The van der Waals surface area contributed by atoms with Crippen molar-refractivity contribution in [3.05, 3.63) is 69.1 Å². The number of imidazole rings is 1. The van der Waals surface area contributed by atoms with Crippen LogP contribution < -0.4 is 26.9 Å². The van der Waals surface area contributed by atoms with Crippen molar-refractivity contribution < 1.29 is 26.0 Å². The summed E-state index contributed by atoms with van der Waals surface area (Å²) in [7, 11) is 0. The van der Waals surface area contributed by atoms with Crippen LogP contribution in [0.4, 0.5) is 0 Å². The zero-order valence-corrected chi connectivity index (χ0v) is 30.7. The number of piperidine rings is 2. The van der Waals surface area contributed by atoms with E-state index in [1.807, 2.05) is 39.8 Å². The second-order valence-electron chi connectivity index (χ2n) is 12.5. The van der Waals surface area contributed by atoms with Crippen LogP contribution in [-0.4, -0.2) is 78.4 Å². The van der Waals surface area contributed by atoms with Crippen LogP contribution in [0.5, 0.6) is 0 Å². The van der Waals surface area contributed by atoms with E-state index in [0.29, 0.717) is 17.5 Å². The van der Waals surface area contributed by atoms with Crippen LogP contribution in [0.15, 0.2) is 47.3 Å². The van der Waals surface area contributed by atoms with Gasteiger partial charge in [0.25, 0.3) is 0 Å². The summed E-state index contributed by atoms with van der Waals surface area (Å²) in [6.45, 7) is 5.98. The fraction of sp³-hybridized carbons (Fsp3) is 0.559. The molecule has 2 aromatic carbocycles. The Bertz CT molecular complexity index is 1500. The number of nitrogens with one attached hydrogen (secondary N) is 2. The summed E-state index contributed by atoms with van der Waals surface area (Å²) < 4.78 is 6.25. The average Bonchev–Trinajstić information content (AvgIpc) is 3.38. The molecule has 7 nitrogen and oxygen atoms in total. The van der Waals surface area contributed by atoms with Gasteiger partial charge in [0.05, 0.1) is 0 Å². The third kappa shape index (κ3) is 7.74. The van der Waals surface area contributed by atoms with E-state index < -0.39 is 41.0 Å². The standard InChI is InChI=1S/C34H45ClI2N5O2/c1-24-19-25(21-26(35)20-24)22-29(33(38)37-13-9-27(10-14-37)40-15-5-2-6-16-40)36-23-32(43)41-17-11-28(12-18-41)42-31-8-4-3-7-30(31)39-34(42)44/h3-4,7-8,19-21,27-29,38H,2,5-6,9-18,22-23H2,1H3,(H,39,44)/q-1/t29-/m1/s1. The van der Waals surface area contributed by atoms with Crippen LogP contribution in [0, 0.1) is 12.3 Å². The number of aryl methyl sites for hydroxylation is 1. The van der Waals surface area contributed by atoms with E-state index in [1.54, 1.807) is 0 Å². The molecule has 240 valence electrons. The molecule has 0 unspecified atom stereocenters. The summed E-state index contributed by atoms with van der Waals surface area (Å²) >= 11 is 4.42. The first-order chi connectivity index (χ1) is 21.4. The van der Waals surface area contributed by atoms with Crippen LogP contribution in [0.2, 0.25) is 5.02 Å². The van der Waals surface area contributed by atoms with Gasteiger partial charge in [0, 0.05) is 0 Å². The minimum absolute atomic E-state index is 0.0610. The van der Waals surface area contributed by atoms with Crippen molar-refractivity contribution >= 4 is 52.1 Å². The van der Waals surface area contributed by atoms with E-state index in [1.165, 1.54) is 59.6 Å². The van der Waals surface area contributed by atoms with Crippen LogP contribution >= 0.6 is 31.4 Å². The van der Waals surface area contributed by atoms with E-state index in [0.717, 1.165) is 50.6 Å². The van der Waals surface area contributed by atoms with E-state index in [2.05, 4.69) is 28.9 Å². The molecule has 3 aromatic rings. The maximum absolute atomic E-state index is 13.5. The van der Waals surface area contributed by atoms with Crippen LogP contribution in [0.1, 0.15) is 62.1 Å². The van der Waals surface area contributed by atoms with Gasteiger partial charge in [0.2, 0.25) is 0 Å². The van der Waals surface area contributed by atoms with Gasteiger partial charge in [-0.2, -0.15) is 0 Å². The van der Waals surface area contributed by atoms with Gasteiger partial charge in [-0.3, -0.25) is 0 Å². The van der Waals surface area contributed by atoms with Gasteiger partial charge in [0.1, 0.15) is 0 Å². The van der Waals surface area contributed by atoms with Gasteiger partial charge in [-0.05, 0) is 0 Å². The second-order valence-corrected chi connectivity index (χ2v) is 22.0. The molecule has 3 aliphatic heterocycles. The van der Waals surface area contributed by atoms with Crippen molar-refractivity contribution in [3.63, 3.8) is 0 Å². The van der Waals surface area contributed by atoms with Crippen molar-refractivity contribution in [2.45, 2.75) is 74.3 Å². The first kappa shape index (κ1) is 32.5. The first-order valence-electron chi connectivity index (χ1n) is 16.1. The number of halogens is 3. The molecule has 1 atom stereocenters. The molecular formula is C34H45ClI2N5O2-. The molecule has 2 N–H and O–H groups in total. The predicted octanol–water partition coefficient (Wildman–Crippen LogP) is 3.29. The molecule has 0 aliphatic carbocycles. The van der Waals surface area contributed by atoms with Gasteiger partial charge in [-0.15, -0.1) is 0 Å². The normalized spacial score (nSPS) is 20.8. The number of H-pyrrole nitrogens is 1. The number of hydrogen-bond acceptors (Lipinski definition) is 4. The van der Waals surface area contributed by atoms with Crippen molar-refractivity contribution in [3.8, 4) is 0 Å². The molecule has 4 heterocycles. The molecule has 6 rings (SSSR count). The van der Waals surface area contributed by atoms with Crippen molar-refractivity contribution in [1.82, 2.24) is 19.4 Å². The Balaban J connectivity index is 1.07. The molecule has 3 aliphatic rings. The van der Waals surface area contributed by atoms with E-state index in [9.17, 15) is 15.0 Å². The summed E-state index contributed by atoms with van der Waals surface area (Å²) in [5, 5.41) is 10.2. The minimum atomic E-state index is -1.52. The number of likely N-dealkylation sites (tertiary alicyclic amines) is 2. The molecule has 0 bridgehead atoms. The Kier molecular flexibility index (Phi) is 11.1. The van der Waals surface area contributed by atoms with Crippen LogP contribution in [0.3, 0.4) is 0 Å². The molecule has 3 fully saturated rings. The third-order valence-electron chi connectivity index (χ3n) is 9.51. The molecule has 0 saturated carbocycles. The molecule has 44 heavy (non-hydrogen) atoms. The average molecular weight is 845 g/mol. The topological polar surface area (TPSA) is 85.2 Å². The second kappa shape index (κ2) is 15.0. The molecule has 1 amide bonds. The summed E-state index contributed by atoms with van der Waals surface area (Å²) in [5.74, 6) is 0.236. The molecular weight excluding hydrogens is 800 g/mol. The number of carbonyl (C=O) groups is 1. The molecule has 0 radical (unpaired) electrons. The number of fused-ring (bicyclic) bond motifs is 1. The zero-order chi connectivity index (χ0) is 30.6. The van der Waals surface area contributed by atoms with Gasteiger partial charge in [-0.1, -0.05) is 0 Å². The quantitative estimate of drug-likeness (QED) is 0.197. The number of hydrogen-bond donors (Lipinski definition) is 2. The van der Waals surface area contributed by atoms with Crippen molar-refractivity contribution in [1.29, 1.82) is 5.41 Å². The number of nitrogens with zero attached hydrogens (tertiary/aromatic N) is 3. The fourth-order valence-corrected chi connectivity index (χ4v) is 19.3. The Hall–Kier alpha value is -1.44. The summed E-state index contributed by atoms with van der Waals surface area (Å²) in [5.41, 5.74) is 4.12. The third-order valence-corrected chi connectivity index (χ3v) is 20.4. The van der Waals surface area contributed by atoms with Crippen molar-refractivity contribution in [2.24, 2.45) is 0 Å². The predicted molar refractivity (Wildman–Crippen MR) is 186 cm³/mol. The number of benzene rings is 2. The van der Waals surface area contributed by atoms with Crippen molar-refractivity contribution in [2.75, 3.05) is 39.5 Å². The van der Waals surface area contributed by atoms with Gasteiger partial charge in [0.15, 0.2) is 0 Å². The Morgan fingerprint density at radius 1 is 1.02 bits per heavy atom. The number of alkyl halides is 4. The van der Waals surface area contributed by atoms with E-state index in [4.69, 9.17) is 11.6 Å².